The highest BCUT2D eigenvalue weighted by molar-refractivity contribution is 5.94. The van der Waals surface area contributed by atoms with Gasteiger partial charge in [-0.2, -0.15) is 0 Å². The summed E-state index contributed by atoms with van der Waals surface area (Å²) in [6, 6.07) is -3.58. The Morgan fingerprint density at radius 3 is 1.52 bits per heavy atom. The molecule has 6 N–H and O–H groups in total. The number of rotatable bonds is 13. The first-order chi connectivity index (χ1) is 14.2. The van der Waals surface area contributed by atoms with Crippen LogP contribution < -0.4 is 21.7 Å². The van der Waals surface area contributed by atoms with Crippen LogP contribution in [0, 0.1) is 23.7 Å². The molecule has 9 nitrogen and oxygen atoms in total. The third kappa shape index (κ3) is 10.6. The van der Waals surface area contributed by atoms with E-state index < -0.39 is 47.9 Å². The minimum atomic E-state index is -1.12. The second-order valence-corrected chi connectivity index (χ2v) is 9.72. The first-order valence-electron chi connectivity index (χ1n) is 11.1. The van der Waals surface area contributed by atoms with E-state index in [-0.39, 0.29) is 30.1 Å². The quantitative estimate of drug-likeness (QED) is 0.290. The molecule has 0 aromatic heterocycles. The van der Waals surface area contributed by atoms with E-state index in [1.165, 1.54) is 0 Å². The summed E-state index contributed by atoms with van der Waals surface area (Å²) in [5.41, 5.74) is 5.88. The molecular formula is C22H42N4O5. The Kier molecular flexibility index (Phi) is 12.4. The summed E-state index contributed by atoms with van der Waals surface area (Å²) in [6.45, 7) is 14.7. The number of carboxylic acids is 1. The molecule has 0 aliphatic rings. The number of carbonyl (C=O) groups is 4. The van der Waals surface area contributed by atoms with E-state index in [0.29, 0.717) is 6.42 Å². The van der Waals surface area contributed by atoms with E-state index in [1.54, 1.807) is 13.8 Å². The van der Waals surface area contributed by atoms with Crippen molar-refractivity contribution in [1.82, 2.24) is 16.0 Å². The van der Waals surface area contributed by atoms with Crippen LogP contribution in [0.1, 0.15) is 68.2 Å². The summed E-state index contributed by atoms with van der Waals surface area (Å²) in [5, 5.41) is 17.3. The number of hydrogen-bond donors (Lipinski definition) is 5. The molecule has 0 heterocycles. The van der Waals surface area contributed by atoms with Crippen LogP contribution in [0.3, 0.4) is 0 Å². The number of carbonyl (C=O) groups excluding carboxylic acids is 3. The summed E-state index contributed by atoms with van der Waals surface area (Å²) in [7, 11) is 0. The van der Waals surface area contributed by atoms with Crippen molar-refractivity contribution in [2.45, 2.75) is 92.4 Å². The second kappa shape index (κ2) is 13.3. The lowest BCUT2D eigenvalue weighted by Gasteiger charge is -2.28. The summed E-state index contributed by atoms with van der Waals surface area (Å²) in [6.07, 6.45) is 0.608. The van der Waals surface area contributed by atoms with Crippen molar-refractivity contribution in [2.75, 3.05) is 0 Å². The molecule has 0 saturated heterocycles. The zero-order chi connectivity index (χ0) is 24.5. The standard InChI is InChI=1S/C22H42N4O5/c1-11(2)9-15(19(27)25-16(22(30)31)10-12(3)4)24-21(29)18(14(7)8)26-20(28)17(23)13(5)6/h11-18H,9-10,23H2,1-8H3,(H,24,29)(H,25,27)(H,26,28)(H,30,31). The van der Waals surface area contributed by atoms with Gasteiger partial charge in [0.05, 0.1) is 6.04 Å². The van der Waals surface area contributed by atoms with Gasteiger partial charge in [0, 0.05) is 0 Å². The average Bonchev–Trinajstić information content (AvgIpc) is 2.62. The first kappa shape index (κ1) is 28.8. The van der Waals surface area contributed by atoms with Gasteiger partial charge in [-0.05, 0) is 36.5 Å². The fraction of sp³-hybridized carbons (Fsp3) is 0.818. The molecule has 0 aromatic carbocycles. The normalized spacial score (nSPS) is 15.5. The number of hydrogen-bond acceptors (Lipinski definition) is 5. The Hall–Kier alpha value is -2.16. The van der Waals surface area contributed by atoms with E-state index in [1.807, 2.05) is 41.5 Å². The van der Waals surface area contributed by atoms with Gasteiger partial charge >= 0.3 is 5.97 Å². The van der Waals surface area contributed by atoms with Gasteiger partial charge in [0.1, 0.15) is 18.1 Å². The number of nitrogens with two attached hydrogens (primary N) is 1. The molecule has 0 bridgehead atoms. The molecule has 0 radical (unpaired) electrons. The molecular weight excluding hydrogens is 400 g/mol. The van der Waals surface area contributed by atoms with Crippen molar-refractivity contribution >= 4 is 23.7 Å². The molecule has 3 amide bonds. The third-order valence-corrected chi connectivity index (χ3v) is 4.93. The van der Waals surface area contributed by atoms with Crippen molar-refractivity contribution in [3.8, 4) is 0 Å². The summed E-state index contributed by atoms with van der Waals surface area (Å²) < 4.78 is 0. The molecule has 0 rings (SSSR count). The van der Waals surface area contributed by atoms with Crippen LogP contribution in [0.4, 0.5) is 0 Å². The maximum atomic E-state index is 12.9. The zero-order valence-electron chi connectivity index (χ0n) is 20.2. The lowest BCUT2D eigenvalue weighted by Crippen LogP contribution is -2.59. The van der Waals surface area contributed by atoms with Crippen molar-refractivity contribution in [2.24, 2.45) is 29.4 Å². The topological polar surface area (TPSA) is 151 Å². The number of nitrogens with one attached hydrogen (secondary N) is 3. The maximum absolute atomic E-state index is 12.9. The monoisotopic (exact) mass is 442 g/mol. The van der Waals surface area contributed by atoms with Crippen LogP contribution in [-0.4, -0.2) is 53.0 Å². The van der Waals surface area contributed by atoms with Gasteiger partial charge in [-0.3, -0.25) is 14.4 Å². The number of amides is 3. The Morgan fingerprint density at radius 1 is 0.677 bits per heavy atom. The molecule has 0 fully saturated rings. The lowest BCUT2D eigenvalue weighted by atomic mass is 9.98. The molecule has 0 aliphatic heterocycles. The minimum Gasteiger partial charge on any atom is -0.480 e. The molecule has 0 aliphatic carbocycles. The Morgan fingerprint density at radius 2 is 1.13 bits per heavy atom. The molecule has 4 unspecified atom stereocenters. The molecule has 0 aromatic rings. The van der Waals surface area contributed by atoms with E-state index in [4.69, 9.17) is 5.73 Å². The van der Waals surface area contributed by atoms with Gasteiger partial charge in [-0.15, -0.1) is 0 Å². The van der Waals surface area contributed by atoms with Crippen molar-refractivity contribution in [3.63, 3.8) is 0 Å². The third-order valence-electron chi connectivity index (χ3n) is 4.93. The Balaban J connectivity index is 5.45. The minimum absolute atomic E-state index is 0.0743. The highest BCUT2D eigenvalue weighted by atomic mass is 16.4. The molecule has 0 spiro atoms. The van der Waals surface area contributed by atoms with Crippen molar-refractivity contribution < 1.29 is 24.3 Å². The van der Waals surface area contributed by atoms with Gasteiger partial charge in [0.2, 0.25) is 17.7 Å². The first-order valence-corrected chi connectivity index (χ1v) is 11.1. The Labute approximate surface area is 186 Å². The van der Waals surface area contributed by atoms with Crippen LogP contribution in [0.2, 0.25) is 0 Å². The smallest absolute Gasteiger partial charge is 0.326 e. The van der Waals surface area contributed by atoms with Crippen LogP contribution in [-0.2, 0) is 19.2 Å². The molecule has 0 saturated carbocycles. The summed E-state index contributed by atoms with van der Waals surface area (Å²) in [4.78, 5) is 49.6. The van der Waals surface area contributed by atoms with Crippen LogP contribution in [0.5, 0.6) is 0 Å². The molecule has 180 valence electrons. The van der Waals surface area contributed by atoms with E-state index in [2.05, 4.69) is 16.0 Å². The summed E-state index contributed by atoms with van der Waals surface area (Å²) >= 11 is 0. The highest BCUT2D eigenvalue weighted by Gasteiger charge is 2.32. The molecule has 31 heavy (non-hydrogen) atoms. The lowest BCUT2D eigenvalue weighted by molar-refractivity contribution is -0.143. The average molecular weight is 443 g/mol. The van der Waals surface area contributed by atoms with Crippen LogP contribution >= 0.6 is 0 Å². The largest absolute Gasteiger partial charge is 0.480 e. The molecule has 4 atom stereocenters. The predicted octanol–water partition coefficient (Wildman–Crippen LogP) is 1.26. The van der Waals surface area contributed by atoms with Gasteiger partial charge in [-0.1, -0.05) is 55.4 Å². The van der Waals surface area contributed by atoms with Crippen molar-refractivity contribution in [3.05, 3.63) is 0 Å². The number of carboxylic acid groups (broad SMARTS) is 1. The van der Waals surface area contributed by atoms with Gasteiger partial charge in [0.15, 0.2) is 0 Å². The molecule has 9 heteroatoms. The predicted molar refractivity (Wildman–Crippen MR) is 120 cm³/mol. The van der Waals surface area contributed by atoms with E-state index in [9.17, 15) is 24.3 Å². The van der Waals surface area contributed by atoms with Gasteiger partial charge in [-0.25, -0.2) is 4.79 Å². The van der Waals surface area contributed by atoms with E-state index >= 15 is 0 Å². The maximum Gasteiger partial charge on any atom is 0.326 e. The van der Waals surface area contributed by atoms with Crippen molar-refractivity contribution in [1.29, 1.82) is 0 Å². The van der Waals surface area contributed by atoms with E-state index in [0.717, 1.165) is 0 Å². The zero-order valence-corrected chi connectivity index (χ0v) is 20.2. The fourth-order valence-corrected chi connectivity index (χ4v) is 3.02. The Bertz CT molecular complexity index is 619. The van der Waals surface area contributed by atoms with Gasteiger partial charge in [0.25, 0.3) is 0 Å². The van der Waals surface area contributed by atoms with Gasteiger partial charge < -0.3 is 26.8 Å². The van der Waals surface area contributed by atoms with Crippen LogP contribution in [0.15, 0.2) is 0 Å². The van der Waals surface area contributed by atoms with Crippen LogP contribution in [0.25, 0.3) is 0 Å². The fourth-order valence-electron chi connectivity index (χ4n) is 3.02. The highest BCUT2D eigenvalue weighted by Crippen LogP contribution is 2.11. The number of aliphatic carboxylic acids is 1. The summed E-state index contributed by atoms with van der Waals surface area (Å²) in [5.74, 6) is -2.79. The SMILES string of the molecule is CC(C)CC(NC(=O)C(CC(C)C)NC(=O)C(NC(=O)C(N)C(C)C)C(C)C)C(=O)O. The second-order valence-electron chi connectivity index (χ2n) is 9.72.